The second-order valence-corrected chi connectivity index (χ2v) is 4.91. The standard InChI is InChI=1S/C15H20N2O4/c1-20-14(18)10-21-13-4-2-3-12(9-13)17-15(19)11-5-7-16-8-6-11/h2-4,9,11,16H,5-8,10H2,1H3,(H,17,19). The lowest BCUT2D eigenvalue weighted by Gasteiger charge is -2.21. The fourth-order valence-corrected chi connectivity index (χ4v) is 2.19. The fraction of sp³-hybridized carbons (Fsp3) is 0.467. The quantitative estimate of drug-likeness (QED) is 0.797. The Morgan fingerprint density at radius 2 is 2.10 bits per heavy atom. The van der Waals surface area contributed by atoms with Crippen LogP contribution in [-0.4, -0.2) is 38.7 Å². The number of methoxy groups -OCH3 is 1. The summed E-state index contributed by atoms with van der Waals surface area (Å²) in [6, 6.07) is 6.99. The van der Waals surface area contributed by atoms with Crippen molar-refractivity contribution in [2.75, 3.05) is 32.1 Å². The Kier molecular flexibility index (Phi) is 5.57. The molecule has 0 saturated carbocycles. The third-order valence-electron chi connectivity index (χ3n) is 3.40. The van der Waals surface area contributed by atoms with Crippen LogP contribution in [0.15, 0.2) is 24.3 Å². The van der Waals surface area contributed by atoms with Crippen molar-refractivity contribution in [2.24, 2.45) is 5.92 Å². The van der Waals surface area contributed by atoms with Gasteiger partial charge in [-0.2, -0.15) is 0 Å². The number of carbonyl (C=O) groups is 2. The Morgan fingerprint density at radius 1 is 1.33 bits per heavy atom. The molecular formula is C15H20N2O4. The molecule has 21 heavy (non-hydrogen) atoms. The zero-order valence-electron chi connectivity index (χ0n) is 12.1. The van der Waals surface area contributed by atoms with Gasteiger partial charge in [-0.1, -0.05) is 6.07 Å². The molecule has 2 N–H and O–H groups in total. The van der Waals surface area contributed by atoms with Crippen LogP contribution in [0.4, 0.5) is 5.69 Å². The van der Waals surface area contributed by atoms with E-state index in [9.17, 15) is 9.59 Å². The number of nitrogens with one attached hydrogen (secondary N) is 2. The first-order valence-electron chi connectivity index (χ1n) is 7.00. The molecule has 0 bridgehead atoms. The number of benzene rings is 1. The van der Waals surface area contributed by atoms with Crippen molar-refractivity contribution in [1.29, 1.82) is 0 Å². The van der Waals surface area contributed by atoms with Gasteiger partial charge in [0.2, 0.25) is 5.91 Å². The average Bonchev–Trinajstić information content (AvgIpc) is 2.53. The van der Waals surface area contributed by atoms with Crippen molar-refractivity contribution < 1.29 is 19.1 Å². The molecule has 0 spiro atoms. The van der Waals surface area contributed by atoms with Crippen molar-refractivity contribution in [3.05, 3.63) is 24.3 Å². The molecule has 1 fully saturated rings. The van der Waals surface area contributed by atoms with Crippen LogP contribution < -0.4 is 15.4 Å². The highest BCUT2D eigenvalue weighted by atomic mass is 16.6. The van der Waals surface area contributed by atoms with Gasteiger partial charge in [-0.3, -0.25) is 4.79 Å². The summed E-state index contributed by atoms with van der Waals surface area (Å²) in [5.74, 6) is 0.148. The monoisotopic (exact) mass is 292 g/mol. The molecule has 6 nitrogen and oxygen atoms in total. The van der Waals surface area contributed by atoms with E-state index in [4.69, 9.17) is 4.74 Å². The number of esters is 1. The maximum Gasteiger partial charge on any atom is 0.343 e. The van der Waals surface area contributed by atoms with Crippen LogP contribution in [0, 0.1) is 5.92 Å². The van der Waals surface area contributed by atoms with E-state index in [-0.39, 0.29) is 18.4 Å². The van der Waals surface area contributed by atoms with Gasteiger partial charge in [-0.05, 0) is 38.1 Å². The van der Waals surface area contributed by atoms with Crippen molar-refractivity contribution in [3.63, 3.8) is 0 Å². The SMILES string of the molecule is COC(=O)COc1cccc(NC(=O)C2CCNCC2)c1. The number of piperidine rings is 1. The zero-order chi connectivity index (χ0) is 15.1. The Bertz CT molecular complexity index is 498. The Morgan fingerprint density at radius 3 is 2.81 bits per heavy atom. The summed E-state index contributed by atoms with van der Waals surface area (Å²) < 4.78 is 9.80. The number of hydrogen-bond donors (Lipinski definition) is 2. The predicted octanol–water partition coefficient (Wildman–Crippen LogP) is 1.18. The number of amides is 1. The minimum Gasteiger partial charge on any atom is -0.482 e. The fourth-order valence-electron chi connectivity index (χ4n) is 2.19. The van der Waals surface area contributed by atoms with Gasteiger partial charge in [0, 0.05) is 17.7 Å². The van der Waals surface area contributed by atoms with Crippen LogP contribution in [-0.2, 0) is 14.3 Å². The molecule has 114 valence electrons. The van der Waals surface area contributed by atoms with Crippen molar-refractivity contribution in [2.45, 2.75) is 12.8 Å². The van der Waals surface area contributed by atoms with Crippen LogP contribution in [0.3, 0.4) is 0 Å². The maximum absolute atomic E-state index is 12.1. The van der Waals surface area contributed by atoms with E-state index >= 15 is 0 Å². The number of anilines is 1. The van der Waals surface area contributed by atoms with E-state index in [1.54, 1.807) is 24.3 Å². The average molecular weight is 292 g/mol. The summed E-state index contributed by atoms with van der Waals surface area (Å²) in [5.41, 5.74) is 0.667. The van der Waals surface area contributed by atoms with Gasteiger partial charge in [0.1, 0.15) is 5.75 Å². The molecule has 1 aliphatic heterocycles. The minimum atomic E-state index is -0.445. The third-order valence-corrected chi connectivity index (χ3v) is 3.40. The predicted molar refractivity (Wildman–Crippen MR) is 78.2 cm³/mol. The molecule has 0 radical (unpaired) electrons. The van der Waals surface area contributed by atoms with Gasteiger partial charge in [-0.15, -0.1) is 0 Å². The normalized spacial score (nSPS) is 15.3. The molecule has 1 amide bonds. The molecule has 1 saturated heterocycles. The summed E-state index contributed by atoms with van der Waals surface area (Å²) in [7, 11) is 1.31. The van der Waals surface area contributed by atoms with E-state index in [2.05, 4.69) is 15.4 Å². The summed E-state index contributed by atoms with van der Waals surface area (Å²) >= 11 is 0. The van der Waals surface area contributed by atoms with Gasteiger partial charge in [0.25, 0.3) is 0 Å². The zero-order valence-corrected chi connectivity index (χ0v) is 12.1. The Balaban J connectivity index is 1.90. The molecule has 6 heteroatoms. The largest absolute Gasteiger partial charge is 0.482 e. The van der Waals surface area contributed by atoms with Crippen LogP contribution in [0.2, 0.25) is 0 Å². The summed E-state index contributed by atoms with van der Waals surface area (Å²) in [4.78, 5) is 23.2. The van der Waals surface area contributed by atoms with Gasteiger partial charge in [0.05, 0.1) is 7.11 Å². The highest BCUT2D eigenvalue weighted by molar-refractivity contribution is 5.92. The molecule has 0 aliphatic carbocycles. The van der Waals surface area contributed by atoms with E-state index in [0.717, 1.165) is 25.9 Å². The molecule has 0 atom stereocenters. The number of hydrogen-bond acceptors (Lipinski definition) is 5. The molecule has 2 rings (SSSR count). The van der Waals surface area contributed by atoms with Crippen molar-refractivity contribution in [1.82, 2.24) is 5.32 Å². The molecule has 1 heterocycles. The lowest BCUT2D eigenvalue weighted by Crippen LogP contribution is -2.34. The number of rotatable bonds is 5. The lowest BCUT2D eigenvalue weighted by atomic mass is 9.97. The Hall–Kier alpha value is -2.08. The minimum absolute atomic E-state index is 0.0293. The molecule has 1 aliphatic rings. The molecular weight excluding hydrogens is 272 g/mol. The smallest absolute Gasteiger partial charge is 0.343 e. The van der Waals surface area contributed by atoms with Crippen LogP contribution in [0.5, 0.6) is 5.75 Å². The van der Waals surface area contributed by atoms with Crippen LogP contribution >= 0.6 is 0 Å². The molecule has 1 aromatic rings. The van der Waals surface area contributed by atoms with Gasteiger partial charge < -0.3 is 20.1 Å². The molecule has 0 unspecified atom stereocenters. The second-order valence-electron chi connectivity index (χ2n) is 4.91. The Labute approximate surface area is 123 Å². The first kappa shape index (κ1) is 15.3. The first-order chi connectivity index (χ1) is 10.2. The van der Waals surface area contributed by atoms with Gasteiger partial charge >= 0.3 is 5.97 Å². The van der Waals surface area contributed by atoms with E-state index in [0.29, 0.717) is 11.4 Å². The van der Waals surface area contributed by atoms with Crippen LogP contribution in [0.25, 0.3) is 0 Å². The molecule has 1 aromatic carbocycles. The first-order valence-corrected chi connectivity index (χ1v) is 7.00. The highest BCUT2D eigenvalue weighted by Crippen LogP contribution is 2.20. The van der Waals surface area contributed by atoms with E-state index < -0.39 is 5.97 Å². The number of ether oxygens (including phenoxy) is 2. The topological polar surface area (TPSA) is 76.7 Å². The van der Waals surface area contributed by atoms with Crippen molar-refractivity contribution >= 4 is 17.6 Å². The summed E-state index contributed by atoms with van der Waals surface area (Å²) in [6.07, 6.45) is 1.70. The van der Waals surface area contributed by atoms with Gasteiger partial charge in [-0.25, -0.2) is 4.79 Å². The summed E-state index contributed by atoms with van der Waals surface area (Å²) in [5, 5.41) is 6.12. The molecule has 0 aromatic heterocycles. The summed E-state index contributed by atoms with van der Waals surface area (Å²) in [6.45, 7) is 1.60. The van der Waals surface area contributed by atoms with Crippen molar-refractivity contribution in [3.8, 4) is 5.75 Å². The third kappa shape index (κ3) is 4.75. The maximum atomic E-state index is 12.1. The number of carbonyl (C=O) groups excluding carboxylic acids is 2. The second kappa shape index (κ2) is 7.64. The van der Waals surface area contributed by atoms with Crippen LogP contribution in [0.1, 0.15) is 12.8 Å². The van der Waals surface area contributed by atoms with E-state index in [1.165, 1.54) is 7.11 Å². The van der Waals surface area contributed by atoms with E-state index in [1.807, 2.05) is 0 Å². The highest BCUT2D eigenvalue weighted by Gasteiger charge is 2.20. The van der Waals surface area contributed by atoms with Gasteiger partial charge in [0.15, 0.2) is 6.61 Å². The lowest BCUT2D eigenvalue weighted by molar-refractivity contribution is -0.142.